The molecule has 198 valence electrons. The van der Waals surface area contributed by atoms with Crippen molar-refractivity contribution < 1.29 is 22.8 Å². The summed E-state index contributed by atoms with van der Waals surface area (Å²) >= 11 is 1.33. The normalized spacial score (nSPS) is 13.3. The molecule has 0 bridgehead atoms. The highest BCUT2D eigenvalue weighted by Gasteiger charge is 2.33. The Kier molecular flexibility index (Phi) is 7.28. The Morgan fingerprint density at radius 3 is 2.56 bits per heavy atom. The first-order valence-corrected chi connectivity index (χ1v) is 12.6. The third-order valence-corrected chi connectivity index (χ3v) is 6.76. The molecule has 4 aromatic rings. The van der Waals surface area contributed by atoms with Gasteiger partial charge in [-0.3, -0.25) is 9.89 Å². The summed E-state index contributed by atoms with van der Waals surface area (Å²) in [6.45, 7) is 0. The molecule has 0 spiro atoms. The van der Waals surface area contributed by atoms with Crippen LogP contribution < -0.4 is 16.0 Å². The number of rotatable bonds is 6. The lowest BCUT2D eigenvalue weighted by Crippen LogP contribution is -2.29. The SMILES string of the molecule is O=C(NC1=CC=C(C(F)(F)F)CC1)Nc1cccc(-c2[nH]ncc2-c2ccnc(NC(=O)c3cccs3)c2)c1. The Bertz CT molecular complexity index is 1570. The van der Waals surface area contributed by atoms with Crippen molar-refractivity contribution in [2.24, 2.45) is 0 Å². The lowest BCUT2D eigenvalue weighted by Gasteiger charge is -2.18. The van der Waals surface area contributed by atoms with E-state index in [1.165, 1.54) is 17.4 Å². The molecule has 0 unspecified atom stereocenters. The minimum absolute atomic E-state index is 0.0814. The highest BCUT2D eigenvalue weighted by molar-refractivity contribution is 7.12. The number of aromatic nitrogens is 3. The standard InChI is InChI=1S/C27H21F3N6O2S/c28-27(29,30)18-6-8-19(9-7-18)33-26(38)34-20-4-1-3-17(13-20)24-21(15-32-36-24)16-10-11-31-23(14-16)35-25(37)22-5-2-12-39-22/h1-6,8,10-15H,7,9H2,(H,32,36)(H,31,35,37)(H2,33,34,38). The van der Waals surface area contributed by atoms with Crippen molar-refractivity contribution in [3.63, 3.8) is 0 Å². The smallest absolute Gasteiger partial charge is 0.312 e. The zero-order valence-electron chi connectivity index (χ0n) is 20.2. The molecule has 0 atom stereocenters. The minimum Gasteiger partial charge on any atom is -0.312 e. The number of alkyl halides is 3. The molecule has 8 nitrogen and oxygen atoms in total. The van der Waals surface area contributed by atoms with Crippen LogP contribution in [0, 0.1) is 0 Å². The van der Waals surface area contributed by atoms with E-state index in [1.807, 2.05) is 11.4 Å². The summed E-state index contributed by atoms with van der Waals surface area (Å²) < 4.78 is 38.4. The predicted octanol–water partition coefficient (Wildman–Crippen LogP) is 6.74. The number of H-pyrrole nitrogens is 1. The number of aromatic amines is 1. The van der Waals surface area contributed by atoms with Crippen LogP contribution in [0.3, 0.4) is 0 Å². The zero-order chi connectivity index (χ0) is 27.4. The van der Waals surface area contributed by atoms with Crippen LogP contribution in [0.1, 0.15) is 22.5 Å². The van der Waals surface area contributed by atoms with Gasteiger partial charge in [0.25, 0.3) is 5.91 Å². The zero-order valence-corrected chi connectivity index (χ0v) is 21.0. The summed E-state index contributed by atoms with van der Waals surface area (Å²) in [5.74, 6) is 0.138. The van der Waals surface area contributed by atoms with Gasteiger partial charge < -0.3 is 16.0 Å². The maximum absolute atomic E-state index is 12.8. The number of carbonyl (C=O) groups is 2. The summed E-state index contributed by atoms with van der Waals surface area (Å²) in [4.78, 5) is 29.7. The Morgan fingerprint density at radius 1 is 0.949 bits per heavy atom. The van der Waals surface area contributed by atoms with Gasteiger partial charge in [-0.25, -0.2) is 9.78 Å². The van der Waals surface area contributed by atoms with Gasteiger partial charge in [-0.2, -0.15) is 18.3 Å². The van der Waals surface area contributed by atoms with Crippen LogP contribution in [0.2, 0.25) is 0 Å². The largest absolute Gasteiger partial charge is 0.412 e. The monoisotopic (exact) mass is 550 g/mol. The number of pyridine rings is 1. The molecule has 0 radical (unpaired) electrons. The van der Waals surface area contributed by atoms with Crippen molar-refractivity contribution in [1.29, 1.82) is 0 Å². The number of thiophene rings is 1. The maximum atomic E-state index is 12.8. The number of carbonyl (C=O) groups excluding carboxylic acids is 2. The lowest BCUT2D eigenvalue weighted by molar-refractivity contribution is -0.0941. The summed E-state index contributed by atoms with van der Waals surface area (Å²) in [5, 5.41) is 17.1. The number of urea groups is 1. The lowest BCUT2D eigenvalue weighted by atomic mass is 10.0. The maximum Gasteiger partial charge on any atom is 0.412 e. The second-order valence-electron chi connectivity index (χ2n) is 8.56. The van der Waals surface area contributed by atoms with Gasteiger partial charge in [-0.1, -0.05) is 24.3 Å². The van der Waals surface area contributed by atoms with E-state index in [0.717, 1.165) is 22.8 Å². The van der Waals surface area contributed by atoms with Gasteiger partial charge >= 0.3 is 12.2 Å². The van der Waals surface area contributed by atoms with Gasteiger partial charge in [0, 0.05) is 34.3 Å². The molecule has 39 heavy (non-hydrogen) atoms. The molecule has 1 aliphatic rings. The third kappa shape index (κ3) is 6.24. The Hall–Kier alpha value is -4.71. The van der Waals surface area contributed by atoms with Crippen molar-refractivity contribution in [3.8, 4) is 22.4 Å². The fourth-order valence-corrected chi connectivity index (χ4v) is 4.63. The molecule has 3 amide bonds. The van der Waals surface area contributed by atoms with Gasteiger partial charge in [0.1, 0.15) is 5.82 Å². The van der Waals surface area contributed by atoms with Crippen LogP contribution in [0.15, 0.2) is 89.7 Å². The van der Waals surface area contributed by atoms with Gasteiger partial charge in [0.05, 0.1) is 16.8 Å². The number of nitrogens with one attached hydrogen (secondary N) is 4. The number of halogens is 3. The molecule has 0 saturated carbocycles. The molecule has 0 fully saturated rings. The minimum atomic E-state index is -4.37. The quantitative estimate of drug-likeness (QED) is 0.213. The fourth-order valence-electron chi connectivity index (χ4n) is 4.02. The highest BCUT2D eigenvalue weighted by Crippen LogP contribution is 2.33. The number of hydrogen-bond acceptors (Lipinski definition) is 5. The van der Waals surface area contributed by atoms with E-state index in [2.05, 4.69) is 31.1 Å². The first-order valence-electron chi connectivity index (χ1n) is 11.8. The Morgan fingerprint density at radius 2 is 1.82 bits per heavy atom. The average Bonchev–Trinajstić information content (AvgIpc) is 3.62. The fraction of sp³-hybridized carbons (Fsp3) is 0.111. The van der Waals surface area contributed by atoms with E-state index in [-0.39, 0.29) is 18.7 Å². The average molecular weight is 551 g/mol. The Labute approximate surface area is 224 Å². The van der Waals surface area contributed by atoms with Crippen molar-refractivity contribution in [2.45, 2.75) is 19.0 Å². The van der Waals surface area contributed by atoms with Crippen LogP contribution in [-0.4, -0.2) is 33.3 Å². The van der Waals surface area contributed by atoms with Crippen molar-refractivity contribution in [1.82, 2.24) is 20.5 Å². The highest BCUT2D eigenvalue weighted by atomic mass is 32.1. The molecule has 1 aromatic carbocycles. The van der Waals surface area contributed by atoms with E-state index in [9.17, 15) is 22.8 Å². The molecular weight excluding hydrogens is 529 g/mol. The van der Waals surface area contributed by atoms with Crippen LogP contribution in [0.4, 0.5) is 29.5 Å². The van der Waals surface area contributed by atoms with Crippen molar-refractivity contribution in [2.75, 3.05) is 10.6 Å². The molecule has 1 aliphatic carbocycles. The summed E-state index contributed by atoms with van der Waals surface area (Å²) in [7, 11) is 0. The molecule has 3 heterocycles. The van der Waals surface area contributed by atoms with Gasteiger partial charge in [0.2, 0.25) is 0 Å². The summed E-state index contributed by atoms with van der Waals surface area (Å²) in [6, 6.07) is 13.5. The second-order valence-corrected chi connectivity index (χ2v) is 9.51. The molecular formula is C27H21F3N6O2S. The summed E-state index contributed by atoms with van der Waals surface area (Å²) in [5.41, 5.74) is 3.19. The number of amides is 3. The molecule has 4 N–H and O–H groups in total. The molecule has 3 aromatic heterocycles. The molecule has 5 rings (SSSR count). The van der Waals surface area contributed by atoms with Crippen molar-refractivity contribution >= 4 is 34.8 Å². The molecule has 0 aliphatic heterocycles. The van der Waals surface area contributed by atoms with Crippen LogP contribution in [0.25, 0.3) is 22.4 Å². The van der Waals surface area contributed by atoms with E-state index in [4.69, 9.17) is 0 Å². The number of allylic oxidation sites excluding steroid dienone is 4. The summed E-state index contributed by atoms with van der Waals surface area (Å²) in [6.07, 6.45) is 1.01. The van der Waals surface area contributed by atoms with E-state index in [1.54, 1.807) is 54.9 Å². The van der Waals surface area contributed by atoms with Gasteiger partial charge in [0.15, 0.2) is 0 Å². The number of benzene rings is 1. The van der Waals surface area contributed by atoms with E-state index < -0.39 is 17.8 Å². The number of nitrogens with zero attached hydrogens (tertiary/aromatic N) is 2. The predicted molar refractivity (Wildman–Crippen MR) is 143 cm³/mol. The third-order valence-electron chi connectivity index (χ3n) is 5.89. The van der Waals surface area contributed by atoms with Gasteiger partial charge in [-0.05, 0) is 60.2 Å². The van der Waals surface area contributed by atoms with Crippen LogP contribution in [0.5, 0.6) is 0 Å². The van der Waals surface area contributed by atoms with Crippen LogP contribution in [-0.2, 0) is 0 Å². The molecule has 0 saturated heterocycles. The first-order chi connectivity index (χ1) is 18.8. The molecule has 12 heteroatoms. The van der Waals surface area contributed by atoms with E-state index >= 15 is 0 Å². The number of hydrogen-bond donors (Lipinski definition) is 4. The Balaban J connectivity index is 1.29. The number of anilines is 2. The van der Waals surface area contributed by atoms with Gasteiger partial charge in [-0.15, -0.1) is 11.3 Å². The van der Waals surface area contributed by atoms with Crippen LogP contribution >= 0.6 is 11.3 Å². The topological polar surface area (TPSA) is 112 Å². The van der Waals surface area contributed by atoms with E-state index in [0.29, 0.717) is 27.8 Å². The second kappa shape index (κ2) is 11.0. The van der Waals surface area contributed by atoms with Crippen molar-refractivity contribution in [3.05, 3.63) is 94.6 Å². The first kappa shape index (κ1) is 25.9.